The lowest BCUT2D eigenvalue weighted by atomic mass is 10.1. The molecule has 0 amide bonds. The SMILES string of the molecule is Cc1cc(C(=O)c2cnnn2C)co1. The maximum Gasteiger partial charge on any atom is 0.215 e. The van der Waals surface area contributed by atoms with Crippen LogP contribution in [0.4, 0.5) is 0 Å². The molecule has 0 unspecified atom stereocenters. The van der Waals surface area contributed by atoms with Gasteiger partial charge < -0.3 is 4.42 Å². The zero-order valence-corrected chi connectivity index (χ0v) is 7.89. The Morgan fingerprint density at radius 2 is 2.36 bits per heavy atom. The number of aromatic nitrogens is 3. The Kier molecular flexibility index (Phi) is 1.92. The number of carbonyl (C=O) groups is 1. The quantitative estimate of drug-likeness (QED) is 0.663. The maximum absolute atomic E-state index is 11.8. The van der Waals surface area contributed by atoms with Crippen molar-refractivity contribution in [1.82, 2.24) is 15.0 Å². The Labute approximate surface area is 80.3 Å². The van der Waals surface area contributed by atoms with Crippen molar-refractivity contribution in [3.05, 3.63) is 35.5 Å². The molecular formula is C9H9N3O2. The van der Waals surface area contributed by atoms with Crippen LogP contribution in [0.5, 0.6) is 0 Å². The third kappa shape index (κ3) is 1.32. The monoisotopic (exact) mass is 191 g/mol. The van der Waals surface area contributed by atoms with E-state index in [1.807, 2.05) is 0 Å². The van der Waals surface area contributed by atoms with Crippen LogP contribution >= 0.6 is 0 Å². The molecule has 0 atom stereocenters. The predicted octanol–water partition coefficient (Wildman–Crippen LogP) is 0.948. The second-order valence-corrected chi connectivity index (χ2v) is 3.02. The molecule has 2 rings (SSSR count). The fourth-order valence-corrected chi connectivity index (χ4v) is 1.21. The largest absolute Gasteiger partial charge is 0.469 e. The third-order valence-corrected chi connectivity index (χ3v) is 1.94. The number of ketones is 1. The van der Waals surface area contributed by atoms with Crippen LogP contribution in [0.2, 0.25) is 0 Å². The van der Waals surface area contributed by atoms with Crippen LogP contribution in [0.25, 0.3) is 0 Å². The minimum Gasteiger partial charge on any atom is -0.469 e. The Balaban J connectivity index is 2.38. The van der Waals surface area contributed by atoms with Crippen molar-refractivity contribution >= 4 is 5.78 Å². The van der Waals surface area contributed by atoms with Crippen molar-refractivity contribution in [2.75, 3.05) is 0 Å². The minimum absolute atomic E-state index is 0.130. The predicted molar refractivity (Wildman–Crippen MR) is 47.9 cm³/mol. The summed E-state index contributed by atoms with van der Waals surface area (Å²) in [5.41, 5.74) is 0.971. The molecule has 0 aliphatic carbocycles. The van der Waals surface area contributed by atoms with Gasteiger partial charge in [-0.3, -0.25) is 4.79 Å². The van der Waals surface area contributed by atoms with Crippen LogP contribution in [0.3, 0.4) is 0 Å². The molecule has 5 heteroatoms. The average Bonchev–Trinajstić information content (AvgIpc) is 2.73. The third-order valence-electron chi connectivity index (χ3n) is 1.94. The van der Waals surface area contributed by atoms with E-state index in [-0.39, 0.29) is 5.78 Å². The molecule has 0 saturated heterocycles. The highest BCUT2D eigenvalue weighted by atomic mass is 16.3. The van der Waals surface area contributed by atoms with Crippen LogP contribution in [0.15, 0.2) is 22.9 Å². The van der Waals surface area contributed by atoms with E-state index < -0.39 is 0 Å². The second kappa shape index (κ2) is 3.10. The van der Waals surface area contributed by atoms with Crippen LogP contribution in [0.1, 0.15) is 21.8 Å². The smallest absolute Gasteiger partial charge is 0.215 e. The van der Waals surface area contributed by atoms with Crippen molar-refractivity contribution in [2.45, 2.75) is 6.92 Å². The maximum atomic E-state index is 11.8. The summed E-state index contributed by atoms with van der Waals surface area (Å²) in [6, 6.07) is 1.69. The first-order valence-electron chi connectivity index (χ1n) is 4.13. The number of carbonyl (C=O) groups excluding carboxylic acids is 1. The molecule has 0 aromatic carbocycles. The molecular weight excluding hydrogens is 182 g/mol. The van der Waals surface area contributed by atoms with Crippen molar-refractivity contribution in [3.63, 3.8) is 0 Å². The fourth-order valence-electron chi connectivity index (χ4n) is 1.21. The summed E-state index contributed by atoms with van der Waals surface area (Å²) in [6.07, 6.45) is 2.87. The summed E-state index contributed by atoms with van der Waals surface area (Å²) in [7, 11) is 1.67. The molecule has 0 radical (unpaired) electrons. The molecule has 2 aromatic rings. The number of furan rings is 1. The zero-order chi connectivity index (χ0) is 10.1. The van der Waals surface area contributed by atoms with Crippen LogP contribution in [-0.2, 0) is 7.05 Å². The molecule has 2 heterocycles. The lowest BCUT2D eigenvalue weighted by molar-refractivity contribution is 0.102. The van der Waals surface area contributed by atoms with Gasteiger partial charge in [-0.05, 0) is 13.0 Å². The van der Waals surface area contributed by atoms with Gasteiger partial charge in [0.1, 0.15) is 17.7 Å². The molecule has 0 fully saturated rings. The van der Waals surface area contributed by atoms with Gasteiger partial charge in [0.2, 0.25) is 5.78 Å². The first-order chi connectivity index (χ1) is 6.68. The van der Waals surface area contributed by atoms with E-state index in [9.17, 15) is 4.79 Å². The summed E-state index contributed by atoms with van der Waals surface area (Å²) in [5, 5.41) is 7.32. The number of hydrogen-bond acceptors (Lipinski definition) is 4. The highest BCUT2D eigenvalue weighted by Crippen LogP contribution is 2.11. The van der Waals surface area contributed by atoms with Gasteiger partial charge in [0.25, 0.3) is 0 Å². The van der Waals surface area contributed by atoms with Crippen molar-refractivity contribution in [3.8, 4) is 0 Å². The normalized spacial score (nSPS) is 10.4. The first-order valence-corrected chi connectivity index (χ1v) is 4.13. The Morgan fingerprint density at radius 1 is 1.57 bits per heavy atom. The highest BCUT2D eigenvalue weighted by molar-refractivity contribution is 6.07. The van der Waals surface area contributed by atoms with E-state index in [4.69, 9.17) is 4.42 Å². The molecule has 0 spiro atoms. The summed E-state index contributed by atoms with van der Waals surface area (Å²) in [5.74, 6) is 0.581. The van der Waals surface area contributed by atoms with E-state index in [0.29, 0.717) is 17.0 Å². The molecule has 0 bridgehead atoms. The number of rotatable bonds is 2. The van der Waals surface area contributed by atoms with E-state index in [2.05, 4.69) is 10.3 Å². The lowest BCUT2D eigenvalue weighted by Crippen LogP contribution is -2.07. The Hall–Kier alpha value is -1.91. The van der Waals surface area contributed by atoms with E-state index >= 15 is 0 Å². The average molecular weight is 191 g/mol. The molecule has 14 heavy (non-hydrogen) atoms. The fraction of sp³-hybridized carbons (Fsp3) is 0.222. The number of hydrogen-bond donors (Lipinski definition) is 0. The second-order valence-electron chi connectivity index (χ2n) is 3.02. The van der Waals surface area contributed by atoms with Gasteiger partial charge in [0, 0.05) is 7.05 Å². The standard InChI is InChI=1S/C9H9N3O2/c1-6-3-7(5-14-6)9(13)8-4-10-11-12(8)2/h3-5H,1-2H3. The van der Waals surface area contributed by atoms with E-state index in [1.165, 1.54) is 17.1 Å². The van der Waals surface area contributed by atoms with Gasteiger partial charge in [-0.1, -0.05) is 5.21 Å². The van der Waals surface area contributed by atoms with E-state index in [0.717, 1.165) is 0 Å². The molecule has 0 aliphatic heterocycles. The van der Waals surface area contributed by atoms with Gasteiger partial charge in [0.15, 0.2) is 0 Å². The van der Waals surface area contributed by atoms with Gasteiger partial charge in [-0.25, -0.2) is 4.68 Å². The molecule has 72 valence electrons. The Bertz CT molecular complexity index is 470. The van der Waals surface area contributed by atoms with Crippen molar-refractivity contribution in [2.24, 2.45) is 7.05 Å². The van der Waals surface area contributed by atoms with Crippen molar-refractivity contribution in [1.29, 1.82) is 0 Å². The molecule has 2 aromatic heterocycles. The lowest BCUT2D eigenvalue weighted by Gasteiger charge is -1.95. The molecule has 0 aliphatic rings. The first kappa shape index (κ1) is 8.68. The summed E-state index contributed by atoms with van der Waals surface area (Å²) < 4.78 is 6.49. The Morgan fingerprint density at radius 3 is 2.86 bits per heavy atom. The van der Waals surface area contributed by atoms with E-state index in [1.54, 1.807) is 20.0 Å². The van der Waals surface area contributed by atoms with Crippen LogP contribution in [0, 0.1) is 6.92 Å². The molecule has 0 N–H and O–H groups in total. The van der Waals surface area contributed by atoms with Gasteiger partial charge in [-0.2, -0.15) is 0 Å². The highest BCUT2D eigenvalue weighted by Gasteiger charge is 2.15. The number of aryl methyl sites for hydroxylation is 2. The van der Waals surface area contributed by atoms with Gasteiger partial charge >= 0.3 is 0 Å². The topological polar surface area (TPSA) is 60.9 Å². The summed E-state index contributed by atoms with van der Waals surface area (Å²) >= 11 is 0. The number of nitrogens with zero attached hydrogens (tertiary/aromatic N) is 3. The van der Waals surface area contributed by atoms with Crippen molar-refractivity contribution < 1.29 is 9.21 Å². The zero-order valence-electron chi connectivity index (χ0n) is 7.89. The minimum atomic E-state index is -0.130. The summed E-state index contributed by atoms with van der Waals surface area (Å²) in [4.78, 5) is 11.8. The van der Waals surface area contributed by atoms with Crippen LogP contribution in [-0.4, -0.2) is 20.8 Å². The van der Waals surface area contributed by atoms with Crippen LogP contribution < -0.4 is 0 Å². The molecule has 0 saturated carbocycles. The van der Waals surface area contributed by atoms with Gasteiger partial charge in [-0.15, -0.1) is 5.10 Å². The summed E-state index contributed by atoms with van der Waals surface area (Å²) in [6.45, 7) is 1.79. The van der Waals surface area contributed by atoms with Gasteiger partial charge in [0.05, 0.1) is 11.8 Å². The molecule has 5 nitrogen and oxygen atoms in total.